The molecule has 3 amide bonds. The van der Waals surface area contributed by atoms with E-state index >= 15 is 0 Å². The third-order valence-corrected chi connectivity index (χ3v) is 6.69. The van der Waals surface area contributed by atoms with Gasteiger partial charge in [-0.1, -0.05) is 11.6 Å². The summed E-state index contributed by atoms with van der Waals surface area (Å²) in [6.07, 6.45) is 2.33. The molecule has 2 N–H and O–H groups in total. The van der Waals surface area contributed by atoms with Crippen LogP contribution in [0.1, 0.15) is 19.8 Å². The lowest BCUT2D eigenvalue weighted by molar-refractivity contribution is -0.122. The first-order valence-corrected chi connectivity index (χ1v) is 10.1. The standard InChI is InChI=1S/C15H19ClN4O5S.ClH/c1-15(13(21)18-14(22)19-15)9-26(23,24)20-6-4-11(5-7-20)25-12-3-2-10(16)8-17-12;/h2-3,8,11H,4-7,9H2,1H3,(H2,18,19,21,22);1H/t15-;/m1./s1. The Balaban J connectivity index is 0.00000261. The molecule has 2 fully saturated rings. The van der Waals surface area contributed by atoms with E-state index in [4.69, 9.17) is 16.3 Å². The van der Waals surface area contributed by atoms with Crippen molar-refractivity contribution in [2.24, 2.45) is 0 Å². The molecule has 0 saturated carbocycles. The fourth-order valence-electron chi connectivity index (χ4n) is 2.97. The predicted molar refractivity (Wildman–Crippen MR) is 101 cm³/mol. The van der Waals surface area contributed by atoms with Gasteiger partial charge in [-0.15, -0.1) is 12.4 Å². The van der Waals surface area contributed by atoms with Crippen molar-refractivity contribution in [3.63, 3.8) is 0 Å². The third-order valence-electron chi connectivity index (χ3n) is 4.37. The quantitative estimate of drug-likeness (QED) is 0.660. The number of nitrogens with one attached hydrogen (secondary N) is 2. The van der Waals surface area contributed by atoms with Crippen LogP contribution in [0.15, 0.2) is 18.3 Å². The normalized spacial score (nSPS) is 24.1. The van der Waals surface area contributed by atoms with Gasteiger partial charge in [0.15, 0.2) is 0 Å². The van der Waals surface area contributed by atoms with E-state index in [-0.39, 0.29) is 31.6 Å². The second kappa shape index (κ2) is 8.17. The first-order chi connectivity index (χ1) is 12.2. The van der Waals surface area contributed by atoms with Gasteiger partial charge in [0, 0.05) is 25.4 Å². The van der Waals surface area contributed by atoms with Gasteiger partial charge in [0.05, 0.1) is 10.8 Å². The van der Waals surface area contributed by atoms with Crippen LogP contribution in [0.4, 0.5) is 4.79 Å². The summed E-state index contributed by atoms with van der Waals surface area (Å²) >= 11 is 5.78. The van der Waals surface area contributed by atoms with Crippen LogP contribution in [-0.4, -0.2) is 60.1 Å². The van der Waals surface area contributed by atoms with Crippen molar-refractivity contribution in [1.29, 1.82) is 0 Å². The molecule has 0 radical (unpaired) electrons. The van der Waals surface area contributed by atoms with Crippen molar-refractivity contribution in [3.8, 4) is 5.88 Å². The number of rotatable bonds is 5. The summed E-state index contributed by atoms with van der Waals surface area (Å²) in [5.41, 5.74) is -1.46. The van der Waals surface area contributed by atoms with Gasteiger partial charge in [0.1, 0.15) is 11.6 Å². The molecule has 150 valence electrons. The number of ether oxygens (including phenoxy) is 1. The number of halogens is 2. The maximum Gasteiger partial charge on any atom is 0.322 e. The van der Waals surface area contributed by atoms with E-state index in [1.54, 1.807) is 12.1 Å². The van der Waals surface area contributed by atoms with Crippen LogP contribution in [0.3, 0.4) is 0 Å². The van der Waals surface area contributed by atoms with Crippen molar-refractivity contribution >= 4 is 46.0 Å². The number of aromatic nitrogens is 1. The average molecular weight is 439 g/mol. The zero-order valence-corrected chi connectivity index (χ0v) is 16.9. The molecular formula is C15H20Cl2N4O5S. The molecule has 1 aromatic rings. The van der Waals surface area contributed by atoms with Crippen LogP contribution in [0.25, 0.3) is 0 Å². The van der Waals surface area contributed by atoms with Crippen molar-refractivity contribution < 1.29 is 22.7 Å². The zero-order chi connectivity index (χ0) is 18.9. The minimum Gasteiger partial charge on any atom is -0.474 e. The second-order valence-corrected chi connectivity index (χ2v) is 8.93. The van der Waals surface area contributed by atoms with Crippen molar-refractivity contribution in [1.82, 2.24) is 19.9 Å². The molecule has 1 atom stereocenters. The summed E-state index contributed by atoms with van der Waals surface area (Å²) in [5, 5.41) is 4.94. The number of piperidine rings is 1. The molecule has 0 bridgehead atoms. The van der Waals surface area contributed by atoms with E-state index in [9.17, 15) is 18.0 Å². The number of urea groups is 1. The maximum absolute atomic E-state index is 12.6. The topological polar surface area (TPSA) is 118 Å². The number of carbonyl (C=O) groups excluding carboxylic acids is 2. The highest BCUT2D eigenvalue weighted by molar-refractivity contribution is 7.89. The smallest absolute Gasteiger partial charge is 0.322 e. The Kier molecular flexibility index (Phi) is 6.56. The number of carbonyl (C=O) groups is 2. The molecule has 2 aliphatic rings. The molecule has 27 heavy (non-hydrogen) atoms. The Morgan fingerprint density at radius 1 is 1.33 bits per heavy atom. The lowest BCUT2D eigenvalue weighted by Gasteiger charge is -2.33. The number of sulfonamides is 1. The van der Waals surface area contributed by atoms with Crippen LogP contribution in [-0.2, 0) is 14.8 Å². The highest BCUT2D eigenvalue weighted by Crippen LogP contribution is 2.22. The Bertz CT molecular complexity index is 812. The maximum atomic E-state index is 12.6. The third kappa shape index (κ3) is 5.01. The van der Waals surface area contributed by atoms with Gasteiger partial charge in [0.25, 0.3) is 5.91 Å². The number of imide groups is 1. The van der Waals surface area contributed by atoms with Crippen LogP contribution in [0.5, 0.6) is 5.88 Å². The van der Waals surface area contributed by atoms with E-state index < -0.39 is 33.3 Å². The van der Waals surface area contributed by atoms with E-state index in [2.05, 4.69) is 15.6 Å². The van der Waals surface area contributed by atoms with Gasteiger partial charge in [-0.05, 0) is 25.8 Å². The molecule has 12 heteroatoms. The molecule has 0 aliphatic carbocycles. The molecule has 0 unspecified atom stereocenters. The van der Waals surface area contributed by atoms with Gasteiger partial charge < -0.3 is 10.1 Å². The summed E-state index contributed by atoms with van der Waals surface area (Å²) in [6, 6.07) is 2.65. The number of hydrogen-bond donors (Lipinski definition) is 2. The van der Waals surface area contributed by atoms with E-state index in [1.165, 1.54) is 17.4 Å². The summed E-state index contributed by atoms with van der Waals surface area (Å²) in [7, 11) is -3.71. The van der Waals surface area contributed by atoms with Crippen LogP contribution in [0, 0.1) is 0 Å². The lowest BCUT2D eigenvalue weighted by atomic mass is 10.1. The van der Waals surface area contributed by atoms with Crippen molar-refractivity contribution in [2.45, 2.75) is 31.4 Å². The monoisotopic (exact) mass is 438 g/mol. The molecule has 9 nitrogen and oxygen atoms in total. The molecule has 1 aromatic heterocycles. The fourth-order valence-corrected chi connectivity index (χ4v) is 4.96. The zero-order valence-electron chi connectivity index (χ0n) is 14.5. The van der Waals surface area contributed by atoms with Crippen molar-refractivity contribution in [3.05, 3.63) is 23.4 Å². The molecule has 2 saturated heterocycles. The highest BCUT2D eigenvalue weighted by atomic mass is 35.5. The second-order valence-electron chi connectivity index (χ2n) is 6.53. The molecule has 3 heterocycles. The summed E-state index contributed by atoms with van der Waals surface area (Å²) in [6.45, 7) is 1.94. The first kappa shape index (κ1) is 21.7. The molecule has 0 spiro atoms. The number of pyridine rings is 1. The number of nitrogens with zero attached hydrogens (tertiary/aromatic N) is 2. The summed E-state index contributed by atoms with van der Waals surface area (Å²) in [5.74, 6) is -0.686. The first-order valence-electron chi connectivity index (χ1n) is 8.08. The Hall–Kier alpha value is -1.62. The molecule has 0 aromatic carbocycles. The minimum atomic E-state index is -3.71. The van der Waals surface area contributed by atoms with Gasteiger partial charge in [0.2, 0.25) is 15.9 Å². The van der Waals surface area contributed by atoms with E-state index in [0.29, 0.717) is 23.7 Å². The molecule has 3 rings (SSSR count). The Labute approximate surface area is 168 Å². The van der Waals surface area contributed by atoms with Gasteiger partial charge in [-0.3, -0.25) is 10.1 Å². The van der Waals surface area contributed by atoms with Crippen LogP contribution in [0.2, 0.25) is 5.02 Å². The fraction of sp³-hybridized carbons (Fsp3) is 0.533. The van der Waals surface area contributed by atoms with Crippen molar-refractivity contribution in [2.75, 3.05) is 18.8 Å². The highest BCUT2D eigenvalue weighted by Gasteiger charge is 2.46. The average Bonchev–Trinajstić information content (AvgIpc) is 2.81. The largest absolute Gasteiger partial charge is 0.474 e. The number of hydrogen-bond acceptors (Lipinski definition) is 6. The SMILES string of the molecule is C[C@]1(CS(=O)(=O)N2CCC(Oc3ccc(Cl)cn3)CC2)NC(=O)NC1=O.Cl. The molecule has 2 aliphatic heterocycles. The van der Waals surface area contributed by atoms with Crippen LogP contribution < -0.4 is 15.4 Å². The van der Waals surface area contributed by atoms with Crippen LogP contribution >= 0.6 is 24.0 Å². The van der Waals surface area contributed by atoms with Gasteiger partial charge in [-0.2, -0.15) is 0 Å². The Morgan fingerprint density at radius 3 is 2.52 bits per heavy atom. The molecular weight excluding hydrogens is 419 g/mol. The lowest BCUT2D eigenvalue weighted by Crippen LogP contribution is -2.53. The van der Waals surface area contributed by atoms with E-state index in [1.807, 2.05) is 0 Å². The Morgan fingerprint density at radius 2 is 2.00 bits per heavy atom. The number of amides is 3. The van der Waals surface area contributed by atoms with E-state index in [0.717, 1.165) is 0 Å². The minimum absolute atomic E-state index is 0. The van der Waals surface area contributed by atoms with Gasteiger partial charge >= 0.3 is 6.03 Å². The summed E-state index contributed by atoms with van der Waals surface area (Å²) in [4.78, 5) is 27.2. The summed E-state index contributed by atoms with van der Waals surface area (Å²) < 4.78 is 32.3. The predicted octanol–water partition coefficient (Wildman–Crippen LogP) is 0.928. The van der Waals surface area contributed by atoms with Gasteiger partial charge in [-0.25, -0.2) is 22.5 Å².